The van der Waals surface area contributed by atoms with Crippen molar-refractivity contribution in [2.24, 2.45) is 17.3 Å². The number of Topliss-reactive ketones (excluding diaryl/α,β-unsaturated/α-hetero) is 1. The fourth-order valence-corrected chi connectivity index (χ4v) is 5.41. The van der Waals surface area contributed by atoms with Crippen molar-refractivity contribution in [1.29, 1.82) is 0 Å². The minimum absolute atomic E-state index is 0.0328. The lowest BCUT2D eigenvalue weighted by Gasteiger charge is -2.34. The number of thiazole rings is 1. The molecule has 3 heterocycles. The average molecular weight is 510 g/mol. The third-order valence-corrected chi connectivity index (χ3v) is 8.33. The molecule has 2 fully saturated rings. The Bertz CT molecular complexity index is 927. The van der Waals surface area contributed by atoms with Crippen LogP contribution >= 0.6 is 11.3 Å². The normalized spacial score (nSPS) is 35.3. The van der Waals surface area contributed by atoms with E-state index in [1.807, 2.05) is 25.3 Å². The van der Waals surface area contributed by atoms with E-state index in [1.165, 1.54) is 11.3 Å². The summed E-state index contributed by atoms with van der Waals surface area (Å²) in [6.45, 7) is 8.57. The number of hydrogen-bond donors (Lipinski definition) is 3. The summed E-state index contributed by atoms with van der Waals surface area (Å²) in [6, 6.07) is 0. The number of aliphatic hydroxyl groups is 3. The molecule has 2 saturated heterocycles. The first kappa shape index (κ1) is 27.9. The molecule has 1 aromatic rings. The molecule has 0 spiro atoms. The van der Waals surface area contributed by atoms with Crippen LogP contribution in [-0.4, -0.2) is 62.6 Å². The van der Waals surface area contributed by atoms with Gasteiger partial charge in [-0.15, -0.1) is 11.3 Å². The van der Waals surface area contributed by atoms with Gasteiger partial charge in [-0.25, -0.2) is 4.98 Å². The summed E-state index contributed by atoms with van der Waals surface area (Å²) in [5.74, 6) is -1.61. The highest BCUT2D eigenvalue weighted by molar-refractivity contribution is 7.09. The number of rotatable bonds is 3. The molecule has 0 radical (unpaired) electrons. The second-order valence-corrected chi connectivity index (χ2v) is 11.6. The molecule has 0 bridgehead atoms. The number of esters is 1. The molecule has 3 rings (SSSR count). The van der Waals surface area contributed by atoms with E-state index in [0.717, 1.165) is 24.8 Å². The SMILES string of the molecule is C/C(=C\c1csc(CO)n1)[C@@H]1C[C@@H]2O[C@@H]2CCCC(C)[C@H](O)C(C)C(=O)C(C)(C)C(O)CC(=O)O1. The van der Waals surface area contributed by atoms with Gasteiger partial charge in [-0.2, -0.15) is 0 Å². The predicted molar refractivity (Wildman–Crippen MR) is 132 cm³/mol. The molecule has 2 aliphatic heterocycles. The topological polar surface area (TPSA) is 129 Å². The van der Waals surface area contributed by atoms with E-state index in [9.17, 15) is 24.9 Å². The molecule has 35 heavy (non-hydrogen) atoms. The third-order valence-electron chi connectivity index (χ3n) is 7.48. The maximum Gasteiger partial charge on any atom is 0.309 e. The summed E-state index contributed by atoms with van der Waals surface area (Å²) >= 11 is 1.35. The largest absolute Gasteiger partial charge is 0.458 e. The minimum Gasteiger partial charge on any atom is -0.458 e. The highest BCUT2D eigenvalue weighted by atomic mass is 32.1. The van der Waals surface area contributed by atoms with Gasteiger partial charge in [0, 0.05) is 17.7 Å². The van der Waals surface area contributed by atoms with Gasteiger partial charge < -0.3 is 24.8 Å². The molecule has 0 amide bonds. The van der Waals surface area contributed by atoms with Crippen LogP contribution in [0.4, 0.5) is 0 Å². The van der Waals surface area contributed by atoms with Crippen LogP contribution in [0.3, 0.4) is 0 Å². The lowest BCUT2D eigenvalue weighted by molar-refractivity contribution is -0.154. The zero-order chi connectivity index (χ0) is 25.9. The Kier molecular flexibility index (Phi) is 9.26. The Morgan fingerprint density at radius 3 is 2.60 bits per heavy atom. The summed E-state index contributed by atoms with van der Waals surface area (Å²) in [4.78, 5) is 30.4. The average Bonchev–Trinajstić information content (AvgIpc) is 3.38. The van der Waals surface area contributed by atoms with Crippen molar-refractivity contribution >= 4 is 29.2 Å². The van der Waals surface area contributed by atoms with Gasteiger partial charge in [-0.3, -0.25) is 9.59 Å². The molecule has 0 aliphatic carbocycles. The van der Waals surface area contributed by atoms with Crippen molar-refractivity contribution in [3.63, 3.8) is 0 Å². The number of carbonyl (C=O) groups is 2. The number of cyclic esters (lactones) is 1. The van der Waals surface area contributed by atoms with Gasteiger partial charge >= 0.3 is 5.97 Å². The van der Waals surface area contributed by atoms with Crippen molar-refractivity contribution < 1.29 is 34.4 Å². The van der Waals surface area contributed by atoms with Gasteiger partial charge in [0.05, 0.1) is 48.6 Å². The molecule has 8 nitrogen and oxygen atoms in total. The number of aliphatic hydroxyl groups excluding tert-OH is 3. The van der Waals surface area contributed by atoms with E-state index in [-0.39, 0.29) is 36.9 Å². The van der Waals surface area contributed by atoms with Crippen molar-refractivity contribution in [2.75, 3.05) is 0 Å². The summed E-state index contributed by atoms with van der Waals surface area (Å²) in [5.41, 5.74) is 0.253. The molecule has 3 N–H and O–H groups in total. The van der Waals surface area contributed by atoms with Gasteiger partial charge in [0.25, 0.3) is 0 Å². The van der Waals surface area contributed by atoms with Gasteiger partial charge in [0.2, 0.25) is 0 Å². The number of hydrogen-bond acceptors (Lipinski definition) is 9. The lowest BCUT2D eigenvalue weighted by atomic mass is 9.73. The lowest BCUT2D eigenvalue weighted by Crippen LogP contribution is -2.45. The monoisotopic (exact) mass is 509 g/mol. The molecular weight excluding hydrogens is 470 g/mol. The molecule has 1 aromatic heterocycles. The molecule has 2 aliphatic rings. The van der Waals surface area contributed by atoms with E-state index in [4.69, 9.17) is 9.47 Å². The summed E-state index contributed by atoms with van der Waals surface area (Å²) in [6.07, 6.45) is 1.86. The van der Waals surface area contributed by atoms with Gasteiger partial charge in [0.15, 0.2) is 0 Å². The minimum atomic E-state index is -1.25. The number of aromatic nitrogens is 1. The number of nitrogens with zero attached hydrogens (tertiary/aromatic N) is 1. The van der Waals surface area contributed by atoms with Crippen LogP contribution in [0.1, 0.15) is 77.4 Å². The maximum absolute atomic E-state index is 13.2. The van der Waals surface area contributed by atoms with E-state index >= 15 is 0 Å². The van der Waals surface area contributed by atoms with Crippen molar-refractivity contribution in [3.8, 4) is 0 Å². The van der Waals surface area contributed by atoms with E-state index in [0.29, 0.717) is 17.1 Å². The second kappa shape index (κ2) is 11.6. The summed E-state index contributed by atoms with van der Waals surface area (Å²) < 4.78 is 11.7. The Hall–Kier alpha value is -1.65. The smallest absolute Gasteiger partial charge is 0.309 e. The zero-order valence-corrected chi connectivity index (χ0v) is 22.1. The summed E-state index contributed by atoms with van der Waals surface area (Å²) in [7, 11) is 0. The van der Waals surface area contributed by atoms with Crippen LogP contribution in [0.5, 0.6) is 0 Å². The van der Waals surface area contributed by atoms with Gasteiger partial charge in [-0.1, -0.05) is 34.1 Å². The predicted octanol–water partition coefficient (Wildman–Crippen LogP) is 3.27. The number of fused-ring (bicyclic) bond motifs is 1. The van der Waals surface area contributed by atoms with Crippen molar-refractivity contribution in [2.45, 2.75) is 104 Å². The molecule has 9 heteroatoms. The van der Waals surface area contributed by atoms with E-state index in [2.05, 4.69) is 4.98 Å². The van der Waals surface area contributed by atoms with Crippen LogP contribution in [0, 0.1) is 17.3 Å². The van der Waals surface area contributed by atoms with Crippen LogP contribution in [0.2, 0.25) is 0 Å². The molecule has 0 saturated carbocycles. The quantitative estimate of drug-likeness (QED) is 0.418. The Balaban J connectivity index is 1.81. The van der Waals surface area contributed by atoms with Gasteiger partial charge in [0.1, 0.15) is 16.9 Å². The molecular formula is C26H39NO7S. The molecule has 3 unspecified atom stereocenters. The number of carbonyl (C=O) groups excluding carboxylic acids is 2. The fraction of sp³-hybridized carbons (Fsp3) is 0.731. The Labute approximate surface area is 211 Å². The van der Waals surface area contributed by atoms with E-state index in [1.54, 1.807) is 20.8 Å². The second-order valence-electron chi connectivity index (χ2n) is 10.6. The third kappa shape index (κ3) is 6.98. The number of ketones is 1. The summed E-state index contributed by atoms with van der Waals surface area (Å²) in [5, 5.41) is 33.3. The molecule has 0 aromatic carbocycles. The first-order valence-corrected chi connectivity index (χ1v) is 13.3. The first-order chi connectivity index (χ1) is 16.4. The first-order valence-electron chi connectivity index (χ1n) is 12.4. The number of ether oxygens (including phenoxy) is 2. The molecule has 196 valence electrons. The van der Waals surface area contributed by atoms with Crippen molar-refractivity contribution in [3.05, 3.63) is 21.7 Å². The Morgan fingerprint density at radius 2 is 1.94 bits per heavy atom. The zero-order valence-electron chi connectivity index (χ0n) is 21.3. The van der Waals surface area contributed by atoms with E-state index < -0.39 is 35.6 Å². The molecule has 7 atom stereocenters. The van der Waals surface area contributed by atoms with Crippen LogP contribution in [0.25, 0.3) is 6.08 Å². The maximum atomic E-state index is 13.2. The van der Waals surface area contributed by atoms with Crippen LogP contribution in [-0.2, 0) is 25.7 Å². The number of epoxide rings is 1. The highest BCUT2D eigenvalue weighted by Gasteiger charge is 2.44. The van der Waals surface area contributed by atoms with Crippen LogP contribution in [0.15, 0.2) is 11.0 Å². The van der Waals surface area contributed by atoms with Crippen molar-refractivity contribution in [1.82, 2.24) is 4.98 Å². The standard InChI is InChI=1S/C26H39NO7S/c1-14-7-6-8-18-20(33-18)10-19(15(2)9-17-13-35-22(12-28)27-17)34-23(30)11-21(29)26(4,5)25(32)16(3)24(14)31/h9,13-14,16,18-21,24,28-29,31H,6-8,10-12H2,1-5H3/b15-9+/t14?,16?,18-,19+,20+,21?,24+/m1/s1. The fourth-order valence-electron chi connectivity index (χ4n) is 4.80. The highest BCUT2D eigenvalue weighted by Crippen LogP contribution is 2.36. The van der Waals surface area contributed by atoms with Gasteiger partial charge in [-0.05, 0) is 37.3 Å². The van der Waals surface area contributed by atoms with Crippen LogP contribution < -0.4 is 0 Å². The Morgan fingerprint density at radius 1 is 1.23 bits per heavy atom.